The molecular formula is C19H21N3O6S. The SMILES string of the molecule is COc1ccc(S(=O)(=O)NCC(O)COc2cccc(-c3noc(C)n3)c2)cc1. The largest absolute Gasteiger partial charge is 0.497 e. The number of nitrogens with zero attached hydrogens (tertiary/aromatic N) is 2. The average molecular weight is 419 g/mol. The first-order valence-electron chi connectivity index (χ1n) is 8.73. The minimum Gasteiger partial charge on any atom is -0.497 e. The normalized spacial score (nSPS) is 12.5. The molecule has 2 N–H and O–H groups in total. The molecule has 0 spiro atoms. The Morgan fingerprint density at radius 1 is 1.17 bits per heavy atom. The minimum absolute atomic E-state index is 0.0783. The first-order valence-corrected chi connectivity index (χ1v) is 10.2. The van der Waals surface area contributed by atoms with Gasteiger partial charge in [-0.1, -0.05) is 17.3 Å². The van der Waals surface area contributed by atoms with Crippen LogP contribution in [0, 0.1) is 6.92 Å². The van der Waals surface area contributed by atoms with Crippen LogP contribution in [0.2, 0.25) is 0 Å². The van der Waals surface area contributed by atoms with Gasteiger partial charge in [0, 0.05) is 19.0 Å². The van der Waals surface area contributed by atoms with Gasteiger partial charge in [0.05, 0.1) is 12.0 Å². The standard InChI is InChI=1S/C19H21N3O6S/c1-13-21-19(22-28-13)14-4-3-5-17(10-14)27-12-15(23)11-20-29(24,25)18-8-6-16(26-2)7-9-18/h3-10,15,20,23H,11-12H2,1-2H3. The van der Waals surface area contributed by atoms with Gasteiger partial charge in [-0.25, -0.2) is 13.1 Å². The van der Waals surface area contributed by atoms with Crippen LogP contribution in [0.15, 0.2) is 57.9 Å². The lowest BCUT2D eigenvalue weighted by Crippen LogP contribution is -2.35. The summed E-state index contributed by atoms with van der Waals surface area (Å²) in [6.45, 7) is 1.40. The van der Waals surface area contributed by atoms with Crippen LogP contribution in [0.25, 0.3) is 11.4 Å². The monoisotopic (exact) mass is 419 g/mol. The Balaban J connectivity index is 1.54. The Bertz CT molecular complexity index is 1050. The molecule has 0 fully saturated rings. The van der Waals surface area contributed by atoms with Crippen molar-refractivity contribution in [2.24, 2.45) is 0 Å². The molecule has 9 nitrogen and oxygen atoms in total. The minimum atomic E-state index is -3.75. The number of ether oxygens (including phenoxy) is 2. The molecule has 0 saturated heterocycles. The smallest absolute Gasteiger partial charge is 0.240 e. The number of rotatable bonds is 9. The molecule has 3 aromatic rings. The van der Waals surface area contributed by atoms with E-state index in [1.165, 1.54) is 19.2 Å². The predicted octanol–water partition coefficient (Wildman–Crippen LogP) is 1.77. The van der Waals surface area contributed by atoms with Crippen molar-refractivity contribution in [1.82, 2.24) is 14.9 Å². The quantitative estimate of drug-likeness (QED) is 0.538. The number of aliphatic hydroxyl groups excluding tert-OH is 1. The summed E-state index contributed by atoms with van der Waals surface area (Å²) in [5.41, 5.74) is 0.703. The maximum Gasteiger partial charge on any atom is 0.240 e. The molecule has 1 unspecified atom stereocenters. The van der Waals surface area contributed by atoms with Crippen molar-refractivity contribution in [3.63, 3.8) is 0 Å². The van der Waals surface area contributed by atoms with Crippen LogP contribution in [-0.2, 0) is 10.0 Å². The summed E-state index contributed by atoms with van der Waals surface area (Å²) in [5.74, 6) is 1.92. The van der Waals surface area contributed by atoms with Crippen molar-refractivity contribution in [3.05, 3.63) is 54.4 Å². The van der Waals surface area contributed by atoms with Crippen LogP contribution < -0.4 is 14.2 Å². The Hall–Kier alpha value is -2.95. The van der Waals surface area contributed by atoms with Gasteiger partial charge in [-0.3, -0.25) is 0 Å². The van der Waals surface area contributed by atoms with Crippen LogP contribution >= 0.6 is 0 Å². The van der Waals surface area contributed by atoms with Gasteiger partial charge in [-0.05, 0) is 36.4 Å². The third-order valence-electron chi connectivity index (χ3n) is 3.94. The lowest BCUT2D eigenvalue weighted by atomic mass is 10.2. The second kappa shape index (κ2) is 9.03. The fraction of sp³-hybridized carbons (Fsp3) is 0.263. The van der Waals surface area contributed by atoms with Crippen LogP contribution in [0.3, 0.4) is 0 Å². The van der Waals surface area contributed by atoms with Gasteiger partial charge in [0.1, 0.15) is 24.2 Å². The third-order valence-corrected chi connectivity index (χ3v) is 5.38. The lowest BCUT2D eigenvalue weighted by Gasteiger charge is -2.14. The van der Waals surface area contributed by atoms with Gasteiger partial charge in [-0.2, -0.15) is 4.98 Å². The van der Waals surface area contributed by atoms with Crippen LogP contribution in [0.5, 0.6) is 11.5 Å². The molecule has 0 saturated carbocycles. The van der Waals surface area contributed by atoms with E-state index in [9.17, 15) is 13.5 Å². The van der Waals surface area contributed by atoms with Gasteiger partial charge in [-0.15, -0.1) is 0 Å². The zero-order chi connectivity index (χ0) is 20.9. The molecule has 3 rings (SSSR count). The summed E-state index contributed by atoms with van der Waals surface area (Å²) in [7, 11) is -2.25. The fourth-order valence-electron chi connectivity index (χ4n) is 2.44. The number of nitrogens with one attached hydrogen (secondary N) is 1. The molecular weight excluding hydrogens is 398 g/mol. The van der Waals surface area contributed by atoms with Crippen molar-refractivity contribution in [2.45, 2.75) is 17.9 Å². The number of sulfonamides is 1. The number of benzene rings is 2. The lowest BCUT2D eigenvalue weighted by molar-refractivity contribution is 0.111. The van der Waals surface area contributed by atoms with Crippen LogP contribution in [-0.4, -0.2) is 50.0 Å². The summed E-state index contributed by atoms with van der Waals surface area (Å²) in [5, 5.41) is 13.9. The second-order valence-electron chi connectivity index (χ2n) is 6.16. The number of hydrogen-bond acceptors (Lipinski definition) is 8. The second-order valence-corrected chi connectivity index (χ2v) is 7.92. The molecule has 2 aromatic carbocycles. The Kier molecular flexibility index (Phi) is 6.47. The molecule has 0 aliphatic carbocycles. The van der Waals surface area contributed by atoms with Crippen LogP contribution in [0.4, 0.5) is 0 Å². The number of methoxy groups -OCH3 is 1. The summed E-state index contributed by atoms with van der Waals surface area (Å²) < 4.78 is 42.4. The Morgan fingerprint density at radius 2 is 1.93 bits per heavy atom. The van der Waals surface area contributed by atoms with E-state index in [1.807, 2.05) is 0 Å². The number of aliphatic hydroxyl groups is 1. The molecule has 1 atom stereocenters. The molecule has 1 heterocycles. The molecule has 0 radical (unpaired) electrons. The number of aryl methyl sites for hydroxylation is 1. The predicted molar refractivity (Wildman–Crippen MR) is 104 cm³/mol. The maximum absolute atomic E-state index is 12.3. The van der Waals surface area contributed by atoms with E-state index in [-0.39, 0.29) is 18.0 Å². The molecule has 0 bridgehead atoms. The molecule has 1 aromatic heterocycles. The zero-order valence-electron chi connectivity index (χ0n) is 15.9. The summed E-state index contributed by atoms with van der Waals surface area (Å²) in [6, 6.07) is 12.9. The molecule has 10 heteroatoms. The summed E-state index contributed by atoms with van der Waals surface area (Å²) in [4.78, 5) is 4.22. The van der Waals surface area contributed by atoms with E-state index in [1.54, 1.807) is 43.3 Å². The van der Waals surface area contributed by atoms with E-state index in [0.717, 1.165) is 0 Å². The van der Waals surface area contributed by atoms with Gasteiger partial charge < -0.3 is 19.1 Å². The molecule has 0 aliphatic rings. The number of hydrogen-bond donors (Lipinski definition) is 2. The van der Waals surface area contributed by atoms with Gasteiger partial charge in [0.25, 0.3) is 0 Å². The van der Waals surface area contributed by atoms with Gasteiger partial charge in [0.15, 0.2) is 0 Å². The van der Waals surface area contributed by atoms with E-state index in [2.05, 4.69) is 14.9 Å². The van der Waals surface area contributed by atoms with Crippen LogP contribution in [0.1, 0.15) is 5.89 Å². The van der Waals surface area contributed by atoms with E-state index in [4.69, 9.17) is 14.0 Å². The summed E-state index contributed by atoms with van der Waals surface area (Å²) in [6.07, 6.45) is -1.04. The Morgan fingerprint density at radius 3 is 2.59 bits per heavy atom. The van der Waals surface area contributed by atoms with E-state index >= 15 is 0 Å². The topological polar surface area (TPSA) is 124 Å². The van der Waals surface area contributed by atoms with Gasteiger partial charge in [0.2, 0.25) is 21.7 Å². The molecule has 29 heavy (non-hydrogen) atoms. The highest BCUT2D eigenvalue weighted by Crippen LogP contribution is 2.21. The number of aromatic nitrogens is 2. The van der Waals surface area contributed by atoms with Crippen molar-refractivity contribution in [1.29, 1.82) is 0 Å². The highest BCUT2D eigenvalue weighted by molar-refractivity contribution is 7.89. The highest BCUT2D eigenvalue weighted by Gasteiger charge is 2.16. The van der Waals surface area contributed by atoms with Crippen molar-refractivity contribution >= 4 is 10.0 Å². The molecule has 0 aliphatic heterocycles. The fourth-order valence-corrected chi connectivity index (χ4v) is 3.51. The summed E-state index contributed by atoms with van der Waals surface area (Å²) >= 11 is 0. The van der Waals surface area contributed by atoms with Crippen molar-refractivity contribution in [3.8, 4) is 22.9 Å². The Labute approximate surface area is 168 Å². The average Bonchev–Trinajstić information content (AvgIpc) is 3.17. The van der Waals surface area contributed by atoms with Crippen molar-refractivity contribution < 1.29 is 27.5 Å². The zero-order valence-corrected chi connectivity index (χ0v) is 16.7. The van der Waals surface area contributed by atoms with E-state index < -0.39 is 16.1 Å². The molecule has 0 amide bonds. The highest BCUT2D eigenvalue weighted by atomic mass is 32.2. The van der Waals surface area contributed by atoms with E-state index in [0.29, 0.717) is 28.8 Å². The first kappa shape index (κ1) is 20.8. The van der Waals surface area contributed by atoms with Crippen molar-refractivity contribution in [2.75, 3.05) is 20.3 Å². The maximum atomic E-state index is 12.3. The first-order chi connectivity index (χ1) is 13.9. The third kappa shape index (κ3) is 5.53. The van der Waals surface area contributed by atoms with Gasteiger partial charge >= 0.3 is 0 Å². The molecule has 154 valence electrons.